The molecule has 13 heteroatoms. The number of piperidine rings is 1. The Bertz CT molecular complexity index is 2130. The number of ether oxygens (including phenoxy) is 1. The van der Waals surface area contributed by atoms with Gasteiger partial charge < -0.3 is 20.5 Å². The summed E-state index contributed by atoms with van der Waals surface area (Å²) in [7, 11) is 0. The average molecular weight is 718 g/mol. The molecule has 53 heavy (non-hydrogen) atoms. The Balaban J connectivity index is 0.931. The zero-order chi connectivity index (χ0) is 37.5. The van der Waals surface area contributed by atoms with E-state index in [1.807, 2.05) is 49.4 Å². The molecule has 1 saturated heterocycles. The molecule has 4 aromatic carbocycles. The molecule has 272 valence electrons. The molecular formula is C40H39N5O8. The number of anilines is 1. The quantitative estimate of drug-likeness (QED) is 0.0560. The van der Waals surface area contributed by atoms with Crippen LogP contribution < -0.4 is 26.0 Å². The van der Waals surface area contributed by atoms with E-state index < -0.39 is 48.4 Å². The van der Waals surface area contributed by atoms with Gasteiger partial charge in [-0.15, -0.1) is 0 Å². The van der Waals surface area contributed by atoms with E-state index in [2.05, 4.69) is 21.3 Å². The number of carbonyl (C=O) groups is 6. The van der Waals surface area contributed by atoms with E-state index in [9.17, 15) is 33.9 Å². The van der Waals surface area contributed by atoms with Crippen LogP contribution in [0.25, 0.3) is 16.3 Å². The molecule has 6 amide bonds. The van der Waals surface area contributed by atoms with Gasteiger partial charge in [-0.3, -0.25) is 44.3 Å². The Labute approximate surface area is 305 Å². The summed E-state index contributed by atoms with van der Waals surface area (Å²) in [5, 5.41) is 23.9. The fraction of sp³-hybridized carbons (Fsp3) is 0.250. The molecule has 4 aromatic rings. The van der Waals surface area contributed by atoms with Crippen LogP contribution in [0, 0.1) is 0 Å². The van der Waals surface area contributed by atoms with Gasteiger partial charge in [0, 0.05) is 30.3 Å². The van der Waals surface area contributed by atoms with Crippen molar-refractivity contribution in [2.75, 3.05) is 25.0 Å². The Kier molecular flexibility index (Phi) is 11.4. The van der Waals surface area contributed by atoms with Crippen molar-refractivity contribution in [2.45, 2.75) is 44.9 Å². The van der Waals surface area contributed by atoms with Gasteiger partial charge in [0.1, 0.15) is 18.0 Å². The van der Waals surface area contributed by atoms with Crippen molar-refractivity contribution in [1.29, 1.82) is 0 Å². The van der Waals surface area contributed by atoms with Gasteiger partial charge in [0.2, 0.25) is 17.7 Å². The van der Waals surface area contributed by atoms with Crippen molar-refractivity contribution in [1.82, 2.24) is 20.9 Å². The van der Waals surface area contributed by atoms with Gasteiger partial charge in [-0.05, 0) is 78.9 Å². The number of fused-ring (bicyclic) bond motifs is 2. The summed E-state index contributed by atoms with van der Waals surface area (Å²) in [5.41, 5.74) is 2.75. The highest BCUT2D eigenvalue weighted by Gasteiger charge is 2.46. The van der Waals surface area contributed by atoms with E-state index in [4.69, 9.17) is 4.74 Å². The van der Waals surface area contributed by atoms with E-state index in [0.29, 0.717) is 37.2 Å². The molecule has 2 aliphatic heterocycles. The number of unbranched alkanes of at least 4 members (excludes halogenated alkanes) is 1. The molecule has 2 heterocycles. The van der Waals surface area contributed by atoms with Crippen LogP contribution in [0.4, 0.5) is 5.69 Å². The summed E-state index contributed by atoms with van der Waals surface area (Å²) in [4.78, 5) is 76.4. The van der Waals surface area contributed by atoms with Crippen LogP contribution >= 0.6 is 0 Å². The maximum atomic E-state index is 13.2. The number of aliphatic hydroxyl groups excluding tert-OH is 1. The lowest BCUT2D eigenvalue weighted by Crippen LogP contribution is -2.54. The van der Waals surface area contributed by atoms with Crippen molar-refractivity contribution in [2.24, 2.45) is 0 Å². The van der Waals surface area contributed by atoms with Crippen LogP contribution in [0.1, 0.15) is 70.7 Å². The second kappa shape index (κ2) is 16.4. The first-order valence-electron chi connectivity index (χ1n) is 17.3. The molecule has 2 atom stereocenters. The number of imide groups is 2. The van der Waals surface area contributed by atoms with Crippen LogP contribution in [0.3, 0.4) is 0 Å². The van der Waals surface area contributed by atoms with E-state index in [1.54, 1.807) is 24.3 Å². The minimum atomic E-state index is -1.11. The molecule has 2 aliphatic rings. The predicted octanol–water partition coefficient (Wildman–Crippen LogP) is 3.84. The number of carbonyl (C=O) groups excluding carboxylic acids is 6. The molecule has 0 bridgehead atoms. The number of amides is 6. The third-order valence-corrected chi connectivity index (χ3v) is 9.12. The van der Waals surface area contributed by atoms with Gasteiger partial charge >= 0.3 is 0 Å². The number of hydrogen-bond acceptors (Lipinski definition) is 9. The number of nitrogens with one attached hydrogen (secondary N) is 4. The zero-order valence-electron chi connectivity index (χ0n) is 29.0. The van der Waals surface area contributed by atoms with E-state index >= 15 is 0 Å². The predicted molar refractivity (Wildman–Crippen MR) is 196 cm³/mol. The first-order chi connectivity index (χ1) is 25.6. The maximum Gasteiger partial charge on any atom is 0.266 e. The van der Waals surface area contributed by atoms with E-state index in [-0.39, 0.29) is 35.6 Å². The Hall–Kier alpha value is -6.18. The van der Waals surface area contributed by atoms with Crippen molar-refractivity contribution >= 4 is 57.5 Å². The fourth-order valence-electron chi connectivity index (χ4n) is 6.36. The monoisotopic (exact) mass is 717 g/mol. The smallest absolute Gasteiger partial charge is 0.266 e. The van der Waals surface area contributed by atoms with Crippen LogP contribution in [0.15, 0.2) is 91.0 Å². The summed E-state index contributed by atoms with van der Waals surface area (Å²) in [6, 6.07) is 24.4. The summed E-state index contributed by atoms with van der Waals surface area (Å²) in [6.07, 6.45) is 1.71. The number of benzene rings is 4. The molecule has 0 radical (unpaired) electrons. The van der Waals surface area contributed by atoms with Gasteiger partial charge in [-0.1, -0.05) is 60.7 Å². The lowest BCUT2D eigenvalue weighted by Gasteiger charge is -2.27. The summed E-state index contributed by atoms with van der Waals surface area (Å²) < 4.78 is 5.62. The number of allylic oxidation sites excluding steroid dienone is 1. The highest BCUT2D eigenvalue weighted by atomic mass is 16.5. The van der Waals surface area contributed by atoms with Gasteiger partial charge in [0.15, 0.2) is 6.61 Å². The average Bonchev–Trinajstić information content (AvgIpc) is 3.41. The molecule has 0 saturated carbocycles. The van der Waals surface area contributed by atoms with Gasteiger partial charge in [0.25, 0.3) is 17.7 Å². The van der Waals surface area contributed by atoms with Gasteiger partial charge in [-0.2, -0.15) is 0 Å². The minimum Gasteiger partial charge on any atom is -0.483 e. The first-order valence-corrected chi connectivity index (χ1v) is 17.3. The van der Waals surface area contributed by atoms with Crippen LogP contribution in [-0.4, -0.2) is 71.2 Å². The van der Waals surface area contributed by atoms with Gasteiger partial charge in [-0.25, -0.2) is 0 Å². The topological polar surface area (TPSA) is 183 Å². The Morgan fingerprint density at radius 3 is 2.49 bits per heavy atom. The Morgan fingerprint density at radius 2 is 1.68 bits per heavy atom. The molecule has 13 nitrogen and oxygen atoms in total. The molecule has 0 spiro atoms. The summed E-state index contributed by atoms with van der Waals surface area (Å²) >= 11 is 0. The molecule has 0 aromatic heterocycles. The SMILES string of the molecule is C/C(=C\C(=O)Nc1ccccc1C(O)NCCCCNC(=O)COc1cccc2c1C(=O)N(C1CCC(=O)NC1=O)C2=O)c1ccc2ccccc2c1. The molecule has 0 aliphatic carbocycles. The fourth-order valence-corrected chi connectivity index (χ4v) is 6.36. The maximum absolute atomic E-state index is 13.2. The highest BCUT2D eigenvalue weighted by Crippen LogP contribution is 2.33. The van der Waals surface area contributed by atoms with Crippen LogP contribution in [0.5, 0.6) is 5.75 Å². The summed E-state index contributed by atoms with van der Waals surface area (Å²) in [6.45, 7) is 2.21. The molecule has 5 N–H and O–H groups in total. The van der Waals surface area contributed by atoms with Crippen molar-refractivity contribution in [3.05, 3.63) is 113 Å². The van der Waals surface area contributed by atoms with E-state index in [1.165, 1.54) is 24.3 Å². The second-order valence-electron chi connectivity index (χ2n) is 12.8. The largest absolute Gasteiger partial charge is 0.483 e. The normalized spacial score (nSPS) is 16.3. The van der Waals surface area contributed by atoms with Crippen molar-refractivity contribution in [3.63, 3.8) is 0 Å². The Morgan fingerprint density at radius 1 is 0.925 bits per heavy atom. The van der Waals surface area contributed by atoms with Crippen molar-refractivity contribution in [3.8, 4) is 5.75 Å². The molecule has 2 unspecified atom stereocenters. The van der Waals surface area contributed by atoms with E-state index in [0.717, 1.165) is 26.8 Å². The molecule has 6 rings (SSSR count). The minimum absolute atomic E-state index is 0.00362. The number of hydrogen-bond donors (Lipinski definition) is 5. The lowest BCUT2D eigenvalue weighted by molar-refractivity contribution is -0.136. The third-order valence-electron chi connectivity index (χ3n) is 9.12. The second-order valence-corrected chi connectivity index (χ2v) is 12.8. The zero-order valence-corrected chi connectivity index (χ0v) is 29.0. The highest BCUT2D eigenvalue weighted by molar-refractivity contribution is 6.24. The van der Waals surface area contributed by atoms with Crippen LogP contribution in [0.2, 0.25) is 0 Å². The lowest BCUT2D eigenvalue weighted by atomic mass is 10.0. The number of rotatable bonds is 14. The summed E-state index contributed by atoms with van der Waals surface area (Å²) in [5.74, 6) is -3.29. The standard InChI is InChI=1S/C40H39N5O8/c1-24(26-16-15-25-9-2-3-10-27(25)22-26)21-34(47)43-30-13-5-4-11-28(30)37(49)42-20-7-6-19-41-35(48)23-53-32-14-8-12-29-36(32)40(52)45(39(29)51)31-17-18-33(46)44-38(31)50/h2-5,8-16,21-22,31,37,42,49H,6-7,17-20,23H2,1H3,(H,41,48)(H,43,47)(H,44,46,50)/b24-21+. The first kappa shape index (κ1) is 36.6. The number of nitrogens with zero attached hydrogens (tertiary/aromatic N) is 1. The molecular weight excluding hydrogens is 678 g/mol. The third kappa shape index (κ3) is 8.49. The number of para-hydroxylation sites is 1. The van der Waals surface area contributed by atoms with Gasteiger partial charge in [0.05, 0.1) is 11.1 Å². The molecule has 1 fully saturated rings. The van der Waals surface area contributed by atoms with Crippen molar-refractivity contribution < 1.29 is 38.6 Å². The number of aliphatic hydroxyl groups is 1. The van der Waals surface area contributed by atoms with Crippen LogP contribution in [-0.2, 0) is 19.2 Å².